The molecule has 1 unspecified atom stereocenters. The number of alkyl halides is 20. The Balaban J connectivity index is 7.27. The number of nitrogens with zero attached hydrogens (tertiary/aromatic N) is 1. The van der Waals surface area contributed by atoms with Crippen LogP contribution in [0.2, 0.25) is 0 Å². The van der Waals surface area contributed by atoms with Crippen molar-refractivity contribution in [2.75, 3.05) is 6.26 Å². The van der Waals surface area contributed by atoms with E-state index in [9.17, 15) is 100 Å². The number of sulfonamides is 1. The van der Waals surface area contributed by atoms with Gasteiger partial charge in [0.15, 0.2) is 0 Å². The molecule has 0 bridgehead atoms. The van der Waals surface area contributed by atoms with Crippen LogP contribution in [0, 0.1) is 0 Å². The molecule has 0 aromatic carbocycles. The van der Waals surface area contributed by atoms with Gasteiger partial charge < -0.3 is 0 Å². The quantitative estimate of drug-likeness (QED) is 0.315. The standard InChI is InChI=1S/C10H3F20NO3S2/c1-35(32,31-36(33,34)10(28,29)30)9(26,27)7(21,22)5(17,18)3(13,14)2(11,12)4(15,16)6(19,20)8(23,24)25/h1H3. The van der Waals surface area contributed by atoms with Gasteiger partial charge in [-0.25, -0.2) is 4.21 Å². The SMILES string of the molecule is CS(=O)(=NS(=O)(=O)C(F)(F)F)C(F)(F)C(F)(F)C(F)(F)C(F)(F)C(F)(F)C(F)(F)C(F)(F)C(F)(F)F. The molecule has 36 heavy (non-hydrogen) atoms. The minimum Gasteiger partial charge on any atom is -0.243 e. The second-order valence-electron chi connectivity index (χ2n) is 6.26. The minimum absolute atomic E-state index is 0.590. The molecule has 0 aliphatic heterocycles. The van der Waals surface area contributed by atoms with Gasteiger partial charge in [0, 0.05) is 6.26 Å². The van der Waals surface area contributed by atoms with Crippen LogP contribution < -0.4 is 0 Å². The maximum absolute atomic E-state index is 13.7. The topological polar surface area (TPSA) is 63.6 Å². The normalized spacial score (nSPS) is 18.1. The Kier molecular flexibility index (Phi) is 7.90. The molecule has 0 amide bonds. The summed E-state index contributed by atoms with van der Waals surface area (Å²) in [5, 5.41) is -7.96. The predicted molar refractivity (Wildman–Crippen MR) is 72.2 cm³/mol. The van der Waals surface area contributed by atoms with Gasteiger partial charge in [-0.1, -0.05) is 3.77 Å². The summed E-state index contributed by atoms with van der Waals surface area (Å²) in [5.41, 5.74) is -6.93. The van der Waals surface area contributed by atoms with Gasteiger partial charge in [-0.15, -0.1) is 0 Å². The summed E-state index contributed by atoms with van der Waals surface area (Å²) >= 11 is 0. The maximum Gasteiger partial charge on any atom is 0.519 e. The highest BCUT2D eigenvalue weighted by molar-refractivity contribution is 8.03. The maximum atomic E-state index is 13.7. The van der Waals surface area contributed by atoms with E-state index in [1.54, 1.807) is 0 Å². The van der Waals surface area contributed by atoms with Gasteiger partial charge in [0.05, 0.1) is 0 Å². The number of hydrogen-bond donors (Lipinski definition) is 0. The molecule has 0 N–H and O–H groups in total. The second kappa shape index (κ2) is 8.25. The molecule has 0 saturated carbocycles. The third-order valence-corrected chi connectivity index (χ3v) is 7.42. The van der Waals surface area contributed by atoms with Gasteiger partial charge >= 0.3 is 62.5 Å². The minimum atomic E-state index is -9.09. The fourth-order valence-corrected chi connectivity index (χ4v) is 4.48. The Bertz CT molecular complexity index is 1070. The van der Waals surface area contributed by atoms with E-state index in [1.807, 2.05) is 0 Å². The van der Waals surface area contributed by atoms with Gasteiger partial charge in [0.25, 0.3) is 0 Å². The molecule has 1 atom stereocenters. The third kappa shape index (κ3) is 4.41. The van der Waals surface area contributed by atoms with Crippen LogP contribution in [-0.4, -0.2) is 71.4 Å². The second-order valence-corrected chi connectivity index (χ2v) is 10.4. The first-order valence-corrected chi connectivity index (χ1v) is 10.6. The van der Waals surface area contributed by atoms with Crippen LogP contribution in [0.3, 0.4) is 0 Å². The van der Waals surface area contributed by atoms with Crippen LogP contribution >= 0.6 is 0 Å². The molecule has 0 heterocycles. The first-order chi connectivity index (χ1) is 15.0. The van der Waals surface area contributed by atoms with Crippen LogP contribution in [0.15, 0.2) is 3.77 Å². The van der Waals surface area contributed by atoms with Crippen molar-refractivity contribution in [3.8, 4) is 0 Å². The van der Waals surface area contributed by atoms with Gasteiger partial charge in [-0.3, -0.25) is 0 Å². The average Bonchev–Trinajstić information content (AvgIpc) is 2.57. The van der Waals surface area contributed by atoms with Crippen LogP contribution in [0.4, 0.5) is 87.8 Å². The van der Waals surface area contributed by atoms with Crippen LogP contribution in [0.1, 0.15) is 0 Å². The number of hydrogen-bond acceptors (Lipinski definition) is 3. The molecule has 0 spiro atoms. The molecular formula is C10H3F20NO3S2. The summed E-state index contributed by atoms with van der Waals surface area (Å²) in [6.45, 7) is 0. The lowest BCUT2D eigenvalue weighted by atomic mass is 9.91. The fraction of sp³-hybridized carbons (Fsp3) is 1.00. The van der Waals surface area contributed by atoms with E-state index in [0.717, 1.165) is 0 Å². The van der Waals surface area contributed by atoms with Gasteiger partial charge in [0.1, 0.15) is 9.73 Å². The summed E-state index contributed by atoms with van der Waals surface area (Å²) in [6, 6.07) is 0. The van der Waals surface area contributed by atoms with E-state index >= 15 is 0 Å². The highest BCUT2D eigenvalue weighted by Crippen LogP contribution is 2.64. The van der Waals surface area contributed by atoms with Crippen molar-refractivity contribution in [2.24, 2.45) is 3.77 Å². The molecular weight excluding hydrogens is 626 g/mol. The van der Waals surface area contributed by atoms with Crippen molar-refractivity contribution in [1.29, 1.82) is 0 Å². The molecule has 0 aliphatic carbocycles. The molecule has 4 nitrogen and oxygen atoms in total. The van der Waals surface area contributed by atoms with Crippen molar-refractivity contribution in [3.63, 3.8) is 0 Å². The largest absolute Gasteiger partial charge is 0.519 e. The molecule has 0 radical (unpaired) electrons. The molecule has 0 fully saturated rings. The van der Waals surface area contributed by atoms with Crippen LogP contribution in [0.5, 0.6) is 0 Å². The van der Waals surface area contributed by atoms with E-state index in [2.05, 4.69) is 0 Å². The lowest BCUT2D eigenvalue weighted by Crippen LogP contribution is -2.74. The Morgan fingerprint density at radius 1 is 0.444 bits per heavy atom. The number of halogens is 20. The smallest absolute Gasteiger partial charge is 0.243 e. The van der Waals surface area contributed by atoms with Gasteiger partial charge in [0.2, 0.25) is 0 Å². The molecule has 26 heteroatoms. The Labute approximate surface area is 183 Å². The van der Waals surface area contributed by atoms with Crippen molar-refractivity contribution in [3.05, 3.63) is 0 Å². The lowest BCUT2D eigenvalue weighted by Gasteiger charge is -2.42. The monoisotopic (exact) mass is 629 g/mol. The molecule has 218 valence electrons. The van der Waals surface area contributed by atoms with E-state index in [-0.39, 0.29) is 0 Å². The Morgan fingerprint density at radius 2 is 0.694 bits per heavy atom. The summed E-state index contributed by atoms with van der Waals surface area (Å²) in [6.07, 6.45) is -9.39. The fourth-order valence-electron chi connectivity index (χ4n) is 1.66. The zero-order valence-electron chi connectivity index (χ0n) is 15.5. The lowest BCUT2D eigenvalue weighted by molar-refractivity contribution is -0.458. The van der Waals surface area contributed by atoms with Crippen molar-refractivity contribution in [1.82, 2.24) is 0 Å². The summed E-state index contributed by atoms with van der Waals surface area (Å²) in [7, 11) is -15.2. The predicted octanol–water partition coefficient (Wildman–Crippen LogP) is 5.90. The van der Waals surface area contributed by atoms with Gasteiger partial charge in [-0.2, -0.15) is 96.2 Å². The van der Waals surface area contributed by atoms with Crippen molar-refractivity contribution in [2.45, 2.75) is 52.5 Å². The summed E-state index contributed by atoms with van der Waals surface area (Å²) in [5.74, 6) is -53.1. The zero-order valence-corrected chi connectivity index (χ0v) is 17.2. The van der Waals surface area contributed by atoms with Crippen molar-refractivity contribution >= 4 is 19.8 Å². The number of rotatable bonds is 8. The summed E-state index contributed by atoms with van der Waals surface area (Å²) < 4.78 is 292. The molecule has 0 rings (SSSR count). The Hall–Kier alpha value is -1.50. The van der Waals surface area contributed by atoms with Crippen molar-refractivity contribution < 1.29 is 100 Å². The molecule has 0 aromatic rings. The third-order valence-electron chi connectivity index (χ3n) is 3.70. The van der Waals surface area contributed by atoms with Crippen LogP contribution in [-0.2, 0) is 19.8 Å². The first-order valence-electron chi connectivity index (χ1n) is 7.21. The summed E-state index contributed by atoms with van der Waals surface area (Å²) in [4.78, 5) is 0. The zero-order chi connectivity index (χ0) is 30.2. The average molecular weight is 629 g/mol. The van der Waals surface area contributed by atoms with E-state index < -0.39 is 78.5 Å². The molecule has 0 saturated heterocycles. The van der Waals surface area contributed by atoms with E-state index in [4.69, 9.17) is 0 Å². The van der Waals surface area contributed by atoms with E-state index in [0.29, 0.717) is 3.77 Å². The van der Waals surface area contributed by atoms with Crippen LogP contribution in [0.25, 0.3) is 0 Å². The first kappa shape index (κ1) is 34.5. The van der Waals surface area contributed by atoms with Gasteiger partial charge in [-0.05, 0) is 0 Å². The molecule has 0 aliphatic rings. The van der Waals surface area contributed by atoms with E-state index in [1.165, 1.54) is 0 Å². The highest BCUT2D eigenvalue weighted by Gasteiger charge is 2.95. The highest BCUT2D eigenvalue weighted by atomic mass is 32.3. The molecule has 0 aromatic heterocycles. The Morgan fingerprint density at radius 3 is 0.944 bits per heavy atom.